The summed E-state index contributed by atoms with van der Waals surface area (Å²) in [6.45, 7) is 5.41. The van der Waals surface area contributed by atoms with E-state index in [2.05, 4.69) is 83.3 Å². The van der Waals surface area contributed by atoms with Gasteiger partial charge in [-0.2, -0.15) is 0 Å². The lowest BCUT2D eigenvalue weighted by Crippen LogP contribution is -2.07. The Morgan fingerprint density at radius 3 is 1.12 bits per heavy atom. The number of hydrogen-bond acceptors (Lipinski definition) is 4. The van der Waals surface area contributed by atoms with Crippen molar-refractivity contribution in [2.75, 3.05) is 13.2 Å². The van der Waals surface area contributed by atoms with Crippen LogP contribution in [0.3, 0.4) is 0 Å². The van der Waals surface area contributed by atoms with E-state index < -0.39 is 0 Å². The molecule has 4 nitrogen and oxygen atoms in total. The van der Waals surface area contributed by atoms with Crippen LogP contribution in [0, 0.1) is 7.14 Å². The third-order valence-corrected chi connectivity index (χ3v) is 8.49. The lowest BCUT2D eigenvalue weighted by atomic mass is 9.91. The third-order valence-electron chi connectivity index (χ3n) is 7.25. The van der Waals surface area contributed by atoms with Crippen LogP contribution in [0.1, 0.15) is 71.2 Å². The van der Waals surface area contributed by atoms with Gasteiger partial charge in [0.25, 0.3) is 0 Å². The Morgan fingerprint density at radius 1 is 0.550 bits per heavy atom. The van der Waals surface area contributed by atoms with Crippen molar-refractivity contribution >= 4 is 45.2 Å². The molecule has 0 aromatic heterocycles. The van der Waals surface area contributed by atoms with Crippen LogP contribution in [-0.4, -0.2) is 23.4 Å². The highest BCUT2D eigenvalue weighted by Gasteiger charge is 2.21. The van der Waals surface area contributed by atoms with Gasteiger partial charge in [0, 0.05) is 32.8 Å². The average molecular weight is 760 g/mol. The Kier molecular flexibility index (Phi) is 9.45. The second-order valence-corrected chi connectivity index (χ2v) is 12.9. The molecule has 1 aliphatic carbocycles. The molecule has 0 amide bonds. The summed E-state index contributed by atoms with van der Waals surface area (Å²) >= 11 is 4.70. The van der Waals surface area contributed by atoms with Gasteiger partial charge in [-0.1, -0.05) is 50.2 Å². The van der Waals surface area contributed by atoms with Crippen molar-refractivity contribution in [3.63, 3.8) is 0 Å². The summed E-state index contributed by atoms with van der Waals surface area (Å²) in [5.41, 5.74) is 7.61. The molecule has 208 valence electrons. The van der Waals surface area contributed by atoms with Crippen LogP contribution in [0.5, 0.6) is 23.0 Å². The highest BCUT2D eigenvalue weighted by atomic mass is 127. The van der Waals surface area contributed by atoms with Crippen LogP contribution < -0.4 is 9.47 Å². The van der Waals surface area contributed by atoms with Gasteiger partial charge < -0.3 is 19.7 Å². The van der Waals surface area contributed by atoms with Crippen molar-refractivity contribution < 1.29 is 19.7 Å². The fourth-order valence-corrected chi connectivity index (χ4v) is 6.91. The number of ether oxygens (including phenoxy) is 2. The minimum absolute atomic E-state index is 0.321. The second-order valence-electron chi connectivity index (χ2n) is 10.4. The predicted octanol–water partition coefficient (Wildman–Crippen LogP) is 8.56. The fraction of sp³-hybridized carbons (Fsp3) is 0.294. The summed E-state index contributed by atoms with van der Waals surface area (Å²) in [5, 5.41) is 23.0. The quantitative estimate of drug-likeness (QED) is 0.171. The van der Waals surface area contributed by atoms with Crippen LogP contribution in [0.2, 0.25) is 0 Å². The molecule has 0 atom stereocenters. The standard InChI is InChI=1S/C34H34I2O4/c1-3-11-39-33-25-13-21-7-5-9-23(31(21)37)15-27-19-30(36)20-28(34(27)40-12-4-2)16-24-10-6-8-22(32(24)38)14-26(33)18-29(35)17-25/h5-10,17-20,37-38H,3-4,11-16H2,1-2H3. The average Bonchev–Trinajstić information content (AvgIpc) is 2.91. The minimum Gasteiger partial charge on any atom is -0.507 e. The maximum absolute atomic E-state index is 11.5. The van der Waals surface area contributed by atoms with E-state index >= 15 is 0 Å². The molecular formula is C34H34I2O4. The molecule has 1 aliphatic rings. The molecule has 2 N–H and O–H groups in total. The SMILES string of the molecule is CCCOc1c2cc(I)cc1Cc1cccc(c1O)Cc1cc(I)cc(c1OCCC)Cc1cccc(c1O)C2. The van der Waals surface area contributed by atoms with Gasteiger partial charge >= 0.3 is 0 Å². The molecule has 40 heavy (non-hydrogen) atoms. The summed E-state index contributed by atoms with van der Waals surface area (Å²) < 4.78 is 14.9. The van der Waals surface area contributed by atoms with Gasteiger partial charge in [0.15, 0.2) is 0 Å². The number of aromatic hydroxyl groups is 2. The number of rotatable bonds is 6. The maximum Gasteiger partial charge on any atom is 0.126 e. The van der Waals surface area contributed by atoms with Gasteiger partial charge in [0.1, 0.15) is 23.0 Å². The van der Waals surface area contributed by atoms with E-state index in [1.54, 1.807) is 0 Å². The van der Waals surface area contributed by atoms with E-state index in [0.29, 0.717) is 50.4 Å². The van der Waals surface area contributed by atoms with Crippen molar-refractivity contribution in [2.24, 2.45) is 0 Å². The van der Waals surface area contributed by atoms with Gasteiger partial charge in [-0.25, -0.2) is 0 Å². The van der Waals surface area contributed by atoms with E-state index in [0.717, 1.165) is 76.0 Å². The largest absolute Gasteiger partial charge is 0.507 e. The Morgan fingerprint density at radius 2 is 0.850 bits per heavy atom. The molecule has 0 fully saturated rings. The smallest absolute Gasteiger partial charge is 0.126 e. The van der Waals surface area contributed by atoms with E-state index in [1.807, 2.05) is 36.4 Å². The van der Waals surface area contributed by atoms with E-state index in [1.165, 1.54) is 0 Å². The third kappa shape index (κ3) is 6.38. The lowest BCUT2D eigenvalue weighted by Gasteiger charge is -2.21. The Hall–Kier alpha value is -2.46. The Balaban J connectivity index is 1.74. The summed E-state index contributed by atoms with van der Waals surface area (Å²) in [5.74, 6) is 2.33. The predicted molar refractivity (Wildman–Crippen MR) is 177 cm³/mol. The van der Waals surface area contributed by atoms with Crippen molar-refractivity contribution in [3.05, 3.63) is 112 Å². The number of hydrogen-bond donors (Lipinski definition) is 2. The number of halogens is 2. The number of benzene rings is 4. The Labute approximate surface area is 264 Å². The van der Waals surface area contributed by atoms with Crippen molar-refractivity contribution in [1.29, 1.82) is 0 Å². The van der Waals surface area contributed by atoms with Gasteiger partial charge in [-0.3, -0.25) is 0 Å². The molecule has 0 saturated carbocycles. The zero-order chi connectivity index (χ0) is 28.2. The molecule has 6 heteroatoms. The topological polar surface area (TPSA) is 58.9 Å². The number of phenolic OH excluding ortho intramolecular Hbond substituents is 2. The van der Waals surface area contributed by atoms with Gasteiger partial charge in [0.2, 0.25) is 0 Å². The molecule has 0 saturated heterocycles. The van der Waals surface area contributed by atoms with Gasteiger partial charge in [-0.15, -0.1) is 0 Å². The van der Waals surface area contributed by atoms with Gasteiger partial charge in [-0.05, 0) is 127 Å². The van der Waals surface area contributed by atoms with E-state index in [4.69, 9.17) is 9.47 Å². The normalized spacial score (nSPS) is 12.7. The molecule has 4 aromatic carbocycles. The number of fused-ring (bicyclic) bond motifs is 8. The number of para-hydroxylation sites is 2. The fourth-order valence-electron chi connectivity index (χ4n) is 5.41. The molecule has 0 radical (unpaired) electrons. The number of phenols is 2. The first-order valence-electron chi connectivity index (χ1n) is 13.9. The van der Waals surface area contributed by atoms with Crippen LogP contribution in [0.4, 0.5) is 0 Å². The summed E-state index contributed by atoms with van der Waals surface area (Å²) in [4.78, 5) is 0. The van der Waals surface area contributed by atoms with Gasteiger partial charge in [0.05, 0.1) is 13.2 Å². The maximum atomic E-state index is 11.5. The molecular weight excluding hydrogens is 726 g/mol. The summed E-state index contributed by atoms with van der Waals surface area (Å²) in [6, 6.07) is 20.6. The zero-order valence-electron chi connectivity index (χ0n) is 22.9. The van der Waals surface area contributed by atoms with Crippen LogP contribution in [-0.2, 0) is 25.7 Å². The first kappa shape index (κ1) is 29.0. The van der Waals surface area contributed by atoms with Crippen molar-refractivity contribution in [1.82, 2.24) is 0 Å². The molecule has 8 bridgehead atoms. The van der Waals surface area contributed by atoms with E-state index in [-0.39, 0.29) is 0 Å². The molecule has 0 heterocycles. The van der Waals surface area contributed by atoms with Crippen LogP contribution >= 0.6 is 45.2 Å². The summed E-state index contributed by atoms with van der Waals surface area (Å²) in [7, 11) is 0. The van der Waals surface area contributed by atoms with Crippen LogP contribution in [0.15, 0.2) is 60.7 Å². The highest BCUT2D eigenvalue weighted by Crippen LogP contribution is 2.39. The van der Waals surface area contributed by atoms with Crippen LogP contribution in [0.25, 0.3) is 0 Å². The molecule has 0 aliphatic heterocycles. The first-order chi connectivity index (χ1) is 19.4. The highest BCUT2D eigenvalue weighted by molar-refractivity contribution is 14.1. The lowest BCUT2D eigenvalue weighted by molar-refractivity contribution is 0.311. The first-order valence-corrected chi connectivity index (χ1v) is 16.0. The van der Waals surface area contributed by atoms with E-state index in [9.17, 15) is 10.2 Å². The minimum atomic E-state index is 0.321. The molecule has 0 spiro atoms. The van der Waals surface area contributed by atoms with Crippen molar-refractivity contribution in [2.45, 2.75) is 52.4 Å². The zero-order valence-corrected chi connectivity index (χ0v) is 27.2. The monoisotopic (exact) mass is 760 g/mol. The second kappa shape index (κ2) is 13.0. The molecule has 4 aromatic rings. The van der Waals surface area contributed by atoms with Crippen molar-refractivity contribution in [3.8, 4) is 23.0 Å². The Bertz CT molecular complexity index is 1320. The molecule has 5 rings (SSSR count). The summed E-state index contributed by atoms with van der Waals surface area (Å²) in [6.07, 6.45) is 3.98. The molecule has 0 unspecified atom stereocenters.